The third-order valence-corrected chi connectivity index (χ3v) is 1.63. The summed E-state index contributed by atoms with van der Waals surface area (Å²) in [6.45, 7) is 2.23. The van der Waals surface area contributed by atoms with Gasteiger partial charge in [0.25, 0.3) is 0 Å². The van der Waals surface area contributed by atoms with Crippen molar-refractivity contribution in [2.45, 2.75) is 13.3 Å². The van der Waals surface area contributed by atoms with Gasteiger partial charge in [0.15, 0.2) is 5.82 Å². The molecule has 0 bridgehead atoms. The number of carbonyl (C=O) groups is 2. The Morgan fingerprint density at radius 1 is 1.50 bits per heavy atom. The average Bonchev–Trinajstić information content (AvgIpc) is 2.58. The highest BCUT2D eigenvalue weighted by molar-refractivity contribution is 5.94. The van der Waals surface area contributed by atoms with Crippen LogP contribution in [0.1, 0.15) is 11.7 Å². The van der Waals surface area contributed by atoms with Crippen LogP contribution >= 0.6 is 0 Å². The van der Waals surface area contributed by atoms with Crippen molar-refractivity contribution in [1.82, 2.24) is 20.8 Å². The number of urea groups is 1. The lowest BCUT2D eigenvalue weighted by molar-refractivity contribution is -0.119. The molecule has 0 fully saturated rings. The Morgan fingerprint density at radius 2 is 2.25 bits per heavy atom. The molecule has 0 spiro atoms. The Kier molecular flexibility index (Phi) is 4.40. The number of primary amides is 1. The molecule has 1 heterocycles. The van der Waals surface area contributed by atoms with Gasteiger partial charge in [0, 0.05) is 13.0 Å². The predicted octanol–water partition coefficient (Wildman–Crippen LogP) is -1.29. The van der Waals surface area contributed by atoms with Crippen LogP contribution in [0.2, 0.25) is 0 Å². The van der Waals surface area contributed by atoms with E-state index in [0.717, 1.165) is 0 Å². The highest BCUT2D eigenvalue weighted by atomic mass is 16.5. The van der Waals surface area contributed by atoms with Gasteiger partial charge >= 0.3 is 6.03 Å². The van der Waals surface area contributed by atoms with Gasteiger partial charge in [0.1, 0.15) is 0 Å². The molecule has 0 aromatic carbocycles. The molecule has 0 unspecified atom stereocenters. The van der Waals surface area contributed by atoms with Crippen LogP contribution in [0.15, 0.2) is 4.52 Å². The molecule has 8 heteroatoms. The van der Waals surface area contributed by atoms with E-state index in [1.165, 1.54) is 0 Å². The molecular formula is C8H13N5O3. The van der Waals surface area contributed by atoms with Crippen LogP contribution in [0, 0.1) is 6.92 Å². The SMILES string of the molecule is Cc1noc(CCNCC(=O)NC(N)=O)n1. The van der Waals surface area contributed by atoms with E-state index in [0.29, 0.717) is 24.7 Å². The van der Waals surface area contributed by atoms with E-state index in [4.69, 9.17) is 10.3 Å². The minimum Gasteiger partial charge on any atom is -0.351 e. The van der Waals surface area contributed by atoms with E-state index in [9.17, 15) is 9.59 Å². The number of nitrogens with two attached hydrogens (primary N) is 1. The first-order chi connectivity index (χ1) is 7.58. The minimum atomic E-state index is -0.862. The van der Waals surface area contributed by atoms with Gasteiger partial charge in [-0.05, 0) is 6.92 Å². The third-order valence-electron chi connectivity index (χ3n) is 1.63. The summed E-state index contributed by atoms with van der Waals surface area (Å²) in [5.41, 5.74) is 4.76. The maximum absolute atomic E-state index is 10.9. The minimum absolute atomic E-state index is 0.00998. The fraction of sp³-hybridized carbons (Fsp3) is 0.500. The number of carbonyl (C=O) groups excluding carboxylic acids is 2. The summed E-state index contributed by atoms with van der Waals surface area (Å²) in [4.78, 5) is 25.2. The first-order valence-electron chi connectivity index (χ1n) is 4.67. The van der Waals surface area contributed by atoms with Crippen molar-refractivity contribution >= 4 is 11.9 Å². The van der Waals surface area contributed by atoms with Crippen LogP contribution in [0.25, 0.3) is 0 Å². The third kappa shape index (κ3) is 4.51. The zero-order valence-corrected chi connectivity index (χ0v) is 8.82. The molecule has 0 saturated heterocycles. The summed E-state index contributed by atoms with van der Waals surface area (Å²) in [6.07, 6.45) is 0.519. The Hall–Kier alpha value is -1.96. The zero-order valence-electron chi connectivity index (χ0n) is 8.82. The van der Waals surface area contributed by atoms with Crippen molar-refractivity contribution < 1.29 is 14.1 Å². The highest BCUT2D eigenvalue weighted by Gasteiger charge is 2.04. The van der Waals surface area contributed by atoms with E-state index in [1.54, 1.807) is 6.92 Å². The molecule has 0 aliphatic heterocycles. The van der Waals surface area contributed by atoms with Crippen molar-refractivity contribution in [3.63, 3.8) is 0 Å². The largest absolute Gasteiger partial charge is 0.351 e. The molecule has 88 valence electrons. The van der Waals surface area contributed by atoms with Gasteiger partial charge in [-0.15, -0.1) is 0 Å². The van der Waals surface area contributed by atoms with Crippen molar-refractivity contribution in [3.8, 4) is 0 Å². The van der Waals surface area contributed by atoms with Gasteiger partial charge in [-0.2, -0.15) is 4.98 Å². The first-order valence-corrected chi connectivity index (χ1v) is 4.67. The number of imide groups is 1. The lowest BCUT2D eigenvalue weighted by atomic mass is 10.4. The summed E-state index contributed by atoms with van der Waals surface area (Å²) in [7, 11) is 0. The molecule has 1 aromatic rings. The number of rotatable bonds is 5. The van der Waals surface area contributed by atoms with Crippen LogP contribution < -0.4 is 16.4 Å². The predicted molar refractivity (Wildman–Crippen MR) is 53.3 cm³/mol. The van der Waals surface area contributed by atoms with Crippen LogP contribution in [0.3, 0.4) is 0 Å². The molecule has 16 heavy (non-hydrogen) atoms. The van der Waals surface area contributed by atoms with Gasteiger partial charge in [-0.3, -0.25) is 10.1 Å². The molecule has 0 aliphatic carbocycles. The van der Waals surface area contributed by atoms with Crippen LogP contribution in [-0.4, -0.2) is 35.2 Å². The second kappa shape index (κ2) is 5.81. The van der Waals surface area contributed by atoms with Gasteiger partial charge in [0.2, 0.25) is 11.8 Å². The zero-order chi connectivity index (χ0) is 12.0. The first kappa shape index (κ1) is 12.1. The second-order valence-corrected chi connectivity index (χ2v) is 3.07. The average molecular weight is 227 g/mol. The molecule has 1 rings (SSSR count). The number of aryl methyl sites for hydroxylation is 1. The molecule has 0 atom stereocenters. The van der Waals surface area contributed by atoms with E-state index in [2.05, 4.69) is 15.5 Å². The topological polar surface area (TPSA) is 123 Å². The number of hydrogen-bond donors (Lipinski definition) is 3. The van der Waals surface area contributed by atoms with E-state index in [1.807, 2.05) is 5.32 Å². The van der Waals surface area contributed by atoms with Crippen molar-refractivity contribution in [1.29, 1.82) is 0 Å². The second-order valence-electron chi connectivity index (χ2n) is 3.07. The summed E-state index contributed by atoms with van der Waals surface area (Å²) in [5, 5.41) is 8.35. The van der Waals surface area contributed by atoms with Crippen molar-refractivity contribution in [2.75, 3.05) is 13.1 Å². The molecule has 0 radical (unpaired) electrons. The number of aromatic nitrogens is 2. The van der Waals surface area contributed by atoms with E-state index in [-0.39, 0.29) is 6.54 Å². The molecule has 3 amide bonds. The Morgan fingerprint density at radius 3 is 2.81 bits per heavy atom. The number of hydrogen-bond acceptors (Lipinski definition) is 6. The van der Waals surface area contributed by atoms with Gasteiger partial charge in [0.05, 0.1) is 6.54 Å². The maximum Gasteiger partial charge on any atom is 0.318 e. The van der Waals surface area contributed by atoms with Crippen LogP contribution in [0.4, 0.5) is 4.79 Å². The van der Waals surface area contributed by atoms with Gasteiger partial charge < -0.3 is 15.6 Å². The molecule has 0 aliphatic rings. The quantitative estimate of drug-likeness (QED) is 0.537. The smallest absolute Gasteiger partial charge is 0.318 e. The monoisotopic (exact) mass is 227 g/mol. The van der Waals surface area contributed by atoms with Crippen molar-refractivity contribution in [3.05, 3.63) is 11.7 Å². The van der Waals surface area contributed by atoms with Gasteiger partial charge in [-0.25, -0.2) is 4.79 Å². The Bertz CT molecular complexity index is 376. The summed E-state index contributed by atoms with van der Waals surface area (Å²) in [6, 6.07) is -0.862. The number of nitrogens with one attached hydrogen (secondary N) is 2. The maximum atomic E-state index is 10.9. The highest BCUT2D eigenvalue weighted by Crippen LogP contribution is 1.95. The lowest BCUT2D eigenvalue weighted by Gasteiger charge is -2.01. The number of nitrogens with zero attached hydrogens (tertiary/aromatic N) is 2. The fourth-order valence-electron chi connectivity index (χ4n) is 1.02. The van der Waals surface area contributed by atoms with Gasteiger partial charge in [-0.1, -0.05) is 5.16 Å². The van der Waals surface area contributed by atoms with E-state index < -0.39 is 11.9 Å². The Labute approximate surface area is 91.6 Å². The summed E-state index contributed by atoms with van der Waals surface area (Å²) in [5.74, 6) is 0.594. The standard InChI is InChI=1S/C8H13N5O3/c1-5-11-7(16-13-5)2-3-10-4-6(14)12-8(9)15/h10H,2-4H2,1H3,(H3,9,12,14,15). The molecule has 4 N–H and O–H groups in total. The summed E-state index contributed by atoms with van der Waals surface area (Å²) < 4.78 is 4.86. The summed E-state index contributed by atoms with van der Waals surface area (Å²) >= 11 is 0. The molecule has 1 aromatic heterocycles. The Balaban J connectivity index is 2.12. The molecule has 0 saturated carbocycles. The normalized spacial score (nSPS) is 10.1. The molecule has 8 nitrogen and oxygen atoms in total. The van der Waals surface area contributed by atoms with E-state index >= 15 is 0 Å². The van der Waals surface area contributed by atoms with Crippen LogP contribution in [-0.2, 0) is 11.2 Å². The van der Waals surface area contributed by atoms with Crippen LogP contribution in [0.5, 0.6) is 0 Å². The fourth-order valence-corrected chi connectivity index (χ4v) is 1.02. The molecular weight excluding hydrogens is 214 g/mol. The lowest BCUT2D eigenvalue weighted by Crippen LogP contribution is -2.40. The van der Waals surface area contributed by atoms with Crippen molar-refractivity contribution in [2.24, 2.45) is 5.73 Å². The number of amides is 3.